The molecule has 0 aliphatic carbocycles. The molecule has 4 heteroatoms. The Bertz CT molecular complexity index is 74.6. The van der Waals surface area contributed by atoms with Crippen molar-refractivity contribution >= 4 is 57.4 Å². The molecule has 50 valence electrons. The van der Waals surface area contributed by atoms with E-state index >= 15 is 0 Å². The Hall–Kier alpha value is 1.07. The van der Waals surface area contributed by atoms with Crippen LogP contribution in [0.2, 0.25) is 0 Å². The van der Waals surface area contributed by atoms with Gasteiger partial charge < -0.3 is 10.2 Å². The van der Waals surface area contributed by atoms with E-state index in [1.54, 1.807) is 0 Å². The Morgan fingerprint density at radius 3 is 2.22 bits per heavy atom. The van der Waals surface area contributed by atoms with Crippen LogP contribution < -0.4 is 0 Å². The second-order valence-electron chi connectivity index (χ2n) is 1.57. The molecule has 0 aliphatic heterocycles. The van der Waals surface area contributed by atoms with Crippen LogP contribution in [0, 0.1) is 0 Å². The van der Waals surface area contributed by atoms with E-state index in [9.17, 15) is 4.79 Å². The van der Waals surface area contributed by atoms with E-state index in [0.717, 1.165) is 0 Å². The zero-order valence-corrected chi connectivity index (χ0v) is 4.63. The second kappa shape index (κ2) is 9.07. The van der Waals surface area contributed by atoms with Crippen molar-refractivity contribution in [2.75, 3.05) is 6.61 Å². The van der Waals surface area contributed by atoms with Crippen LogP contribution >= 0.6 is 0 Å². The number of aliphatic hydroxyl groups excluding tert-OH is 1. The van der Waals surface area contributed by atoms with Crippen LogP contribution in [0.1, 0.15) is 19.3 Å². The van der Waals surface area contributed by atoms with Gasteiger partial charge in [-0.15, -0.1) is 0 Å². The predicted molar refractivity (Wildman–Crippen MR) is 35.7 cm³/mol. The molecule has 0 atom stereocenters. The monoisotopic (exact) mass is 158 g/mol. The third-order valence-electron chi connectivity index (χ3n) is 0.799. The van der Waals surface area contributed by atoms with Crippen LogP contribution in [0.15, 0.2) is 0 Å². The minimum atomic E-state index is -0.793. The molecular formula is C5H11KO3. The van der Waals surface area contributed by atoms with Gasteiger partial charge in [-0.25, -0.2) is 0 Å². The van der Waals surface area contributed by atoms with Crippen LogP contribution in [0.3, 0.4) is 0 Å². The molecule has 9 heavy (non-hydrogen) atoms. The quantitative estimate of drug-likeness (QED) is 0.432. The van der Waals surface area contributed by atoms with Crippen molar-refractivity contribution in [3.05, 3.63) is 0 Å². The minimum absolute atomic E-state index is 0. The number of hydrogen-bond donors (Lipinski definition) is 2. The van der Waals surface area contributed by atoms with Gasteiger partial charge in [0.25, 0.3) is 0 Å². The molecule has 0 saturated heterocycles. The Kier molecular flexibility index (Phi) is 12.8. The molecule has 0 spiro atoms. The maximum absolute atomic E-state index is 9.79. The van der Waals surface area contributed by atoms with Crippen LogP contribution in [-0.2, 0) is 4.79 Å². The fraction of sp³-hybridized carbons (Fsp3) is 0.800. The van der Waals surface area contributed by atoms with Crippen LogP contribution in [0.25, 0.3) is 0 Å². The average Bonchev–Trinajstić information content (AvgIpc) is 1.66. The Labute approximate surface area is 96.9 Å². The molecular weight excluding hydrogens is 147 g/mol. The summed E-state index contributed by atoms with van der Waals surface area (Å²) in [6, 6.07) is 0. The third-order valence-corrected chi connectivity index (χ3v) is 0.799. The summed E-state index contributed by atoms with van der Waals surface area (Å²) in [7, 11) is 0. The zero-order chi connectivity index (χ0) is 6.41. The molecule has 0 aromatic rings. The van der Waals surface area contributed by atoms with Crippen molar-refractivity contribution in [1.29, 1.82) is 0 Å². The van der Waals surface area contributed by atoms with E-state index in [0.29, 0.717) is 12.8 Å². The van der Waals surface area contributed by atoms with Gasteiger partial charge in [-0.1, -0.05) is 0 Å². The molecule has 0 heterocycles. The van der Waals surface area contributed by atoms with Gasteiger partial charge in [0.2, 0.25) is 0 Å². The van der Waals surface area contributed by atoms with Crippen molar-refractivity contribution in [3.63, 3.8) is 0 Å². The first-order valence-electron chi connectivity index (χ1n) is 2.60. The van der Waals surface area contributed by atoms with E-state index in [2.05, 4.69) is 0 Å². The number of hydrogen-bond acceptors (Lipinski definition) is 2. The molecule has 0 unspecified atom stereocenters. The van der Waals surface area contributed by atoms with Crippen molar-refractivity contribution < 1.29 is 15.0 Å². The molecule has 0 aromatic carbocycles. The fourth-order valence-electron chi connectivity index (χ4n) is 0.388. The third kappa shape index (κ3) is 12.3. The summed E-state index contributed by atoms with van der Waals surface area (Å²) < 4.78 is 0. The summed E-state index contributed by atoms with van der Waals surface area (Å²) >= 11 is 0. The number of rotatable bonds is 4. The molecule has 0 bridgehead atoms. The molecule has 0 aliphatic rings. The SMILES string of the molecule is O=C(O)CCCCO.[KH]. The summed E-state index contributed by atoms with van der Waals surface area (Å²) in [5, 5.41) is 16.2. The summed E-state index contributed by atoms with van der Waals surface area (Å²) in [5.74, 6) is -0.793. The molecule has 0 saturated carbocycles. The number of aliphatic hydroxyl groups is 1. The first-order valence-corrected chi connectivity index (χ1v) is 2.60. The first-order chi connectivity index (χ1) is 3.77. The van der Waals surface area contributed by atoms with Crippen LogP contribution in [0.5, 0.6) is 0 Å². The van der Waals surface area contributed by atoms with E-state index in [1.165, 1.54) is 0 Å². The molecule has 2 N–H and O–H groups in total. The normalized spacial score (nSPS) is 8.11. The van der Waals surface area contributed by atoms with Gasteiger partial charge in [-0.2, -0.15) is 0 Å². The number of aliphatic carboxylic acids is 1. The van der Waals surface area contributed by atoms with Gasteiger partial charge in [-0.3, -0.25) is 4.79 Å². The van der Waals surface area contributed by atoms with Crippen molar-refractivity contribution in [2.24, 2.45) is 0 Å². The molecule has 0 radical (unpaired) electrons. The summed E-state index contributed by atoms with van der Waals surface area (Å²) in [6.45, 7) is 0.0906. The van der Waals surface area contributed by atoms with E-state index in [-0.39, 0.29) is 64.4 Å². The number of carbonyl (C=O) groups is 1. The van der Waals surface area contributed by atoms with Gasteiger partial charge in [0.05, 0.1) is 0 Å². The van der Waals surface area contributed by atoms with Crippen molar-refractivity contribution in [2.45, 2.75) is 19.3 Å². The van der Waals surface area contributed by atoms with Gasteiger partial charge in [0.15, 0.2) is 0 Å². The second-order valence-corrected chi connectivity index (χ2v) is 1.57. The van der Waals surface area contributed by atoms with Gasteiger partial charge in [0, 0.05) is 13.0 Å². The maximum atomic E-state index is 9.79. The van der Waals surface area contributed by atoms with Gasteiger partial charge in [-0.05, 0) is 12.8 Å². The van der Waals surface area contributed by atoms with Crippen molar-refractivity contribution in [3.8, 4) is 0 Å². The Morgan fingerprint density at radius 2 is 1.89 bits per heavy atom. The summed E-state index contributed by atoms with van der Waals surface area (Å²) in [5.41, 5.74) is 0. The average molecular weight is 158 g/mol. The van der Waals surface area contributed by atoms with Crippen molar-refractivity contribution in [1.82, 2.24) is 0 Å². The Balaban J connectivity index is 0. The fourth-order valence-corrected chi connectivity index (χ4v) is 0.388. The van der Waals surface area contributed by atoms with E-state index in [4.69, 9.17) is 10.2 Å². The standard InChI is InChI=1S/C5H10O3.K.H/c6-4-2-1-3-5(7)8;;/h6H,1-4H2,(H,7,8);;. The molecule has 3 nitrogen and oxygen atoms in total. The number of unbranched alkanes of at least 4 members (excludes halogenated alkanes) is 1. The molecule has 0 fully saturated rings. The van der Waals surface area contributed by atoms with Gasteiger partial charge >= 0.3 is 57.4 Å². The Morgan fingerprint density at radius 1 is 1.33 bits per heavy atom. The van der Waals surface area contributed by atoms with E-state index in [1.807, 2.05) is 0 Å². The number of carboxylic acids is 1. The predicted octanol–water partition coefficient (Wildman–Crippen LogP) is -0.415. The van der Waals surface area contributed by atoms with E-state index < -0.39 is 5.97 Å². The molecule has 0 aromatic heterocycles. The zero-order valence-electron chi connectivity index (χ0n) is 4.63. The topological polar surface area (TPSA) is 57.5 Å². The number of carboxylic acid groups (broad SMARTS) is 1. The van der Waals surface area contributed by atoms with Crippen LogP contribution in [-0.4, -0.2) is 74.2 Å². The van der Waals surface area contributed by atoms with Crippen LogP contribution in [0.4, 0.5) is 0 Å². The molecule has 0 amide bonds. The molecule has 0 rings (SSSR count). The first kappa shape index (κ1) is 12.7. The van der Waals surface area contributed by atoms with Gasteiger partial charge in [0.1, 0.15) is 0 Å². The summed E-state index contributed by atoms with van der Waals surface area (Å²) in [6.07, 6.45) is 1.33. The summed E-state index contributed by atoms with van der Waals surface area (Å²) in [4.78, 5) is 9.79.